The molecule has 0 saturated carbocycles. The largest absolute Gasteiger partial charge is 0.483 e. The molecule has 0 aliphatic carbocycles. The minimum absolute atomic E-state index is 0.103. The van der Waals surface area contributed by atoms with Crippen LogP contribution in [0.15, 0.2) is 71.7 Å². The molecule has 1 atom stereocenters. The standard InChI is InChI=1S/C27H29ClN4OS2/c1-6-15-32-24(18(2)33-21-13-11-19(12-14-21)27(3,4)5)30-31-26(32)35-17-20-16-34-25(29-20)22-9-7-8-10-23(22)28/h6-14,16,18H,1,15,17H2,2-5H3. The quantitative estimate of drug-likeness (QED) is 0.164. The van der Waals surface area contributed by atoms with E-state index in [-0.39, 0.29) is 11.5 Å². The number of benzene rings is 2. The number of ether oxygens (including phenoxy) is 1. The van der Waals surface area contributed by atoms with Crippen LogP contribution in [-0.4, -0.2) is 19.7 Å². The summed E-state index contributed by atoms with van der Waals surface area (Å²) in [6.07, 6.45) is 1.59. The predicted octanol–water partition coefficient (Wildman–Crippen LogP) is 7.97. The molecule has 182 valence electrons. The number of aromatic nitrogens is 4. The number of hydrogen-bond donors (Lipinski definition) is 0. The molecule has 0 spiro atoms. The van der Waals surface area contributed by atoms with Gasteiger partial charge >= 0.3 is 0 Å². The fourth-order valence-electron chi connectivity index (χ4n) is 3.57. The van der Waals surface area contributed by atoms with Crippen molar-refractivity contribution in [1.82, 2.24) is 19.7 Å². The zero-order valence-electron chi connectivity index (χ0n) is 20.4. The molecule has 4 rings (SSSR count). The molecule has 1 unspecified atom stereocenters. The first-order valence-electron chi connectivity index (χ1n) is 11.4. The summed E-state index contributed by atoms with van der Waals surface area (Å²) in [7, 11) is 0. The maximum Gasteiger partial charge on any atom is 0.192 e. The van der Waals surface area contributed by atoms with Crippen molar-refractivity contribution in [2.45, 2.75) is 56.7 Å². The van der Waals surface area contributed by atoms with Crippen molar-refractivity contribution in [2.24, 2.45) is 0 Å². The van der Waals surface area contributed by atoms with E-state index in [2.05, 4.69) is 55.1 Å². The molecule has 2 aromatic carbocycles. The van der Waals surface area contributed by atoms with E-state index in [9.17, 15) is 0 Å². The summed E-state index contributed by atoms with van der Waals surface area (Å²) in [6.45, 7) is 13.1. The molecule has 35 heavy (non-hydrogen) atoms. The van der Waals surface area contributed by atoms with Crippen molar-refractivity contribution in [3.63, 3.8) is 0 Å². The van der Waals surface area contributed by atoms with Gasteiger partial charge in [-0.2, -0.15) is 0 Å². The van der Waals surface area contributed by atoms with Gasteiger partial charge in [0.1, 0.15) is 10.8 Å². The molecule has 0 saturated heterocycles. The van der Waals surface area contributed by atoms with Crippen molar-refractivity contribution in [3.8, 4) is 16.3 Å². The molecule has 8 heteroatoms. The Kier molecular flexibility index (Phi) is 7.99. The maximum absolute atomic E-state index is 6.33. The molecule has 4 aromatic rings. The number of rotatable bonds is 9. The van der Waals surface area contributed by atoms with E-state index in [0.29, 0.717) is 17.3 Å². The van der Waals surface area contributed by atoms with Gasteiger partial charge < -0.3 is 4.74 Å². The highest BCUT2D eigenvalue weighted by Gasteiger charge is 2.20. The Hall–Kier alpha value is -2.61. The highest BCUT2D eigenvalue weighted by atomic mass is 35.5. The second-order valence-electron chi connectivity index (χ2n) is 9.19. The summed E-state index contributed by atoms with van der Waals surface area (Å²) in [5.74, 6) is 2.25. The molecule has 0 bridgehead atoms. The van der Waals surface area contributed by atoms with Gasteiger partial charge in [-0.3, -0.25) is 4.57 Å². The van der Waals surface area contributed by atoms with E-state index in [4.69, 9.17) is 21.3 Å². The number of thioether (sulfide) groups is 1. The van der Waals surface area contributed by atoms with Crippen LogP contribution in [0, 0.1) is 0 Å². The third-order valence-corrected chi connectivity index (χ3v) is 7.71. The fraction of sp³-hybridized carbons (Fsp3) is 0.296. The Morgan fingerprint density at radius 2 is 1.89 bits per heavy atom. The van der Waals surface area contributed by atoms with Gasteiger partial charge in [0.2, 0.25) is 0 Å². The minimum atomic E-state index is -0.261. The topological polar surface area (TPSA) is 52.8 Å². The Labute approximate surface area is 220 Å². The zero-order valence-corrected chi connectivity index (χ0v) is 22.8. The molecule has 0 radical (unpaired) electrons. The molecule has 0 amide bonds. The summed E-state index contributed by atoms with van der Waals surface area (Å²) in [4.78, 5) is 4.76. The van der Waals surface area contributed by atoms with Crippen molar-refractivity contribution < 1.29 is 4.74 Å². The second kappa shape index (κ2) is 11.0. The second-order valence-corrected chi connectivity index (χ2v) is 11.4. The molecule has 5 nitrogen and oxygen atoms in total. The lowest BCUT2D eigenvalue weighted by molar-refractivity contribution is 0.210. The maximum atomic E-state index is 6.33. The zero-order chi connectivity index (χ0) is 25.0. The van der Waals surface area contributed by atoms with Crippen molar-refractivity contribution in [3.05, 3.63) is 88.7 Å². The molecule has 0 fully saturated rings. The first-order chi connectivity index (χ1) is 16.8. The SMILES string of the molecule is C=CCn1c(SCc2csc(-c3ccccc3Cl)n2)nnc1C(C)Oc1ccc(C(C)(C)C)cc1. The van der Waals surface area contributed by atoms with Gasteiger partial charge in [0, 0.05) is 23.2 Å². The van der Waals surface area contributed by atoms with E-state index in [0.717, 1.165) is 33.0 Å². The predicted molar refractivity (Wildman–Crippen MR) is 147 cm³/mol. The summed E-state index contributed by atoms with van der Waals surface area (Å²) in [5.41, 5.74) is 3.30. The van der Waals surface area contributed by atoms with Gasteiger partial charge in [-0.05, 0) is 36.1 Å². The molecule has 2 heterocycles. The molecule has 0 aliphatic rings. The van der Waals surface area contributed by atoms with Gasteiger partial charge in [-0.1, -0.05) is 80.5 Å². The third-order valence-electron chi connectivity index (χ3n) is 5.46. The smallest absolute Gasteiger partial charge is 0.192 e. The summed E-state index contributed by atoms with van der Waals surface area (Å²) < 4.78 is 8.25. The fourth-order valence-corrected chi connectivity index (χ4v) is 5.66. The summed E-state index contributed by atoms with van der Waals surface area (Å²) >= 11 is 9.52. The normalized spacial score (nSPS) is 12.5. The van der Waals surface area contributed by atoms with Crippen LogP contribution < -0.4 is 4.74 Å². The summed E-state index contributed by atoms with van der Waals surface area (Å²) in [6, 6.07) is 16.0. The molecular formula is C27H29ClN4OS2. The van der Waals surface area contributed by atoms with E-state index in [1.165, 1.54) is 5.56 Å². The van der Waals surface area contributed by atoms with Crippen LogP contribution in [0.4, 0.5) is 0 Å². The van der Waals surface area contributed by atoms with Gasteiger partial charge in [0.05, 0.1) is 10.7 Å². The van der Waals surface area contributed by atoms with Crippen LogP contribution >= 0.6 is 34.7 Å². The number of halogens is 1. The average molecular weight is 525 g/mol. The monoisotopic (exact) mass is 524 g/mol. The lowest BCUT2D eigenvalue weighted by atomic mass is 9.87. The van der Waals surface area contributed by atoms with E-state index in [1.807, 2.05) is 54.0 Å². The van der Waals surface area contributed by atoms with Crippen LogP contribution in [0.1, 0.15) is 50.9 Å². The molecule has 0 aliphatic heterocycles. The van der Waals surface area contributed by atoms with Gasteiger partial charge in [-0.15, -0.1) is 28.1 Å². The number of hydrogen-bond acceptors (Lipinski definition) is 6. The van der Waals surface area contributed by atoms with E-state index < -0.39 is 0 Å². The van der Waals surface area contributed by atoms with E-state index in [1.54, 1.807) is 23.1 Å². The average Bonchev–Trinajstić information content (AvgIpc) is 3.45. The highest BCUT2D eigenvalue weighted by molar-refractivity contribution is 7.98. The Morgan fingerprint density at radius 1 is 1.14 bits per heavy atom. The van der Waals surface area contributed by atoms with Crippen molar-refractivity contribution in [2.75, 3.05) is 0 Å². The first-order valence-corrected chi connectivity index (χ1v) is 13.6. The number of thiazole rings is 1. The van der Waals surface area contributed by atoms with Gasteiger partial charge in [0.15, 0.2) is 17.1 Å². The molecule has 2 aromatic heterocycles. The van der Waals surface area contributed by atoms with Crippen molar-refractivity contribution >= 4 is 34.7 Å². The third kappa shape index (κ3) is 6.15. The van der Waals surface area contributed by atoms with Gasteiger partial charge in [0.25, 0.3) is 0 Å². The van der Waals surface area contributed by atoms with Gasteiger partial charge in [-0.25, -0.2) is 4.98 Å². The Balaban J connectivity index is 1.46. The van der Waals surface area contributed by atoms with Crippen LogP contribution in [-0.2, 0) is 17.7 Å². The van der Waals surface area contributed by atoms with Crippen LogP contribution in [0.3, 0.4) is 0 Å². The van der Waals surface area contributed by atoms with Crippen molar-refractivity contribution in [1.29, 1.82) is 0 Å². The van der Waals surface area contributed by atoms with E-state index >= 15 is 0 Å². The number of nitrogens with zero attached hydrogens (tertiary/aromatic N) is 4. The van der Waals surface area contributed by atoms with Crippen LogP contribution in [0.5, 0.6) is 5.75 Å². The molecule has 0 N–H and O–H groups in total. The number of allylic oxidation sites excluding steroid dienone is 1. The summed E-state index contributed by atoms with van der Waals surface area (Å²) in [5, 5.41) is 13.4. The first kappa shape index (κ1) is 25.5. The Bertz CT molecular complexity index is 1290. The van der Waals surface area contributed by atoms with Crippen LogP contribution in [0.25, 0.3) is 10.6 Å². The minimum Gasteiger partial charge on any atom is -0.483 e. The highest BCUT2D eigenvalue weighted by Crippen LogP contribution is 2.33. The lowest BCUT2D eigenvalue weighted by Gasteiger charge is -2.20. The molecular weight excluding hydrogens is 496 g/mol. The van der Waals surface area contributed by atoms with Crippen LogP contribution in [0.2, 0.25) is 5.02 Å². The Morgan fingerprint density at radius 3 is 2.57 bits per heavy atom. The lowest BCUT2D eigenvalue weighted by Crippen LogP contribution is -2.13.